The second-order valence-corrected chi connectivity index (χ2v) is 16.4. The van der Waals surface area contributed by atoms with Gasteiger partial charge in [-0.15, -0.1) is 0 Å². The molecule has 1 aromatic carbocycles. The van der Waals surface area contributed by atoms with E-state index in [9.17, 15) is 8.78 Å². The molecule has 2 aromatic heterocycles. The van der Waals surface area contributed by atoms with Gasteiger partial charge < -0.3 is 19.5 Å². The molecule has 0 bridgehead atoms. The molecule has 1 fully saturated rings. The van der Waals surface area contributed by atoms with E-state index < -0.39 is 27.4 Å². The average molecular weight is 519 g/mol. The van der Waals surface area contributed by atoms with Crippen molar-refractivity contribution >= 4 is 24.9 Å². The molecular formula is C27H40F2N4O2Si. The molecule has 3 aromatic rings. The van der Waals surface area contributed by atoms with Crippen LogP contribution in [0.15, 0.2) is 24.7 Å². The van der Waals surface area contributed by atoms with Crippen LogP contribution < -0.4 is 5.32 Å². The zero-order chi connectivity index (χ0) is 26.3. The molecule has 0 radical (unpaired) electrons. The van der Waals surface area contributed by atoms with E-state index in [1.54, 1.807) is 0 Å². The van der Waals surface area contributed by atoms with E-state index in [-0.39, 0.29) is 11.3 Å². The molecule has 0 amide bonds. The number of fused-ring (bicyclic) bond motifs is 1. The van der Waals surface area contributed by atoms with Crippen molar-refractivity contribution in [1.82, 2.24) is 14.8 Å². The van der Waals surface area contributed by atoms with E-state index in [1.807, 2.05) is 56.3 Å². The first-order chi connectivity index (χ1) is 16.8. The highest BCUT2D eigenvalue weighted by atomic mass is 28.4. The quantitative estimate of drug-likeness (QED) is 0.305. The van der Waals surface area contributed by atoms with Crippen LogP contribution >= 0.6 is 0 Å². The number of anilines is 1. The van der Waals surface area contributed by atoms with Gasteiger partial charge in [0.15, 0.2) is 8.32 Å². The van der Waals surface area contributed by atoms with Gasteiger partial charge in [0.1, 0.15) is 6.23 Å². The highest BCUT2D eigenvalue weighted by Crippen LogP contribution is 2.39. The molecule has 198 valence electrons. The van der Waals surface area contributed by atoms with Gasteiger partial charge in [0, 0.05) is 41.2 Å². The summed E-state index contributed by atoms with van der Waals surface area (Å²) >= 11 is 0. The fourth-order valence-corrected chi connectivity index (χ4v) is 5.31. The number of benzene rings is 1. The van der Waals surface area contributed by atoms with Gasteiger partial charge in [-0.3, -0.25) is 0 Å². The van der Waals surface area contributed by atoms with Gasteiger partial charge >= 0.3 is 0 Å². The zero-order valence-electron chi connectivity index (χ0n) is 22.6. The predicted molar refractivity (Wildman–Crippen MR) is 144 cm³/mol. The fraction of sp³-hybridized carbons (Fsp3) is 0.593. The minimum atomic E-state index is -3.00. The number of alkyl halides is 2. The Labute approximate surface area is 213 Å². The number of aromatic amines is 1. The minimum Gasteiger partial charge on any atom is -0.411 e. The summed E-state index contributed by atoms with van der Waals surface area (Å²) in [6.07, 6.45) is 8.81. The molecule has 3 heterocycles. The molecule has 1 unspecified atom stereocenters. The molecular weight excluding hydrogens is 478 g/mol. The maximum absolute atomic E-state index is 15.0. The summed E-state index contributed by atoms with van der Waals surface area (Å²) in [7, 11) is -2.27. The molecule has 0 spiro atoms. The zero-order valence-corrected chi connectivity index (χ0v) is 23.6. The monoisotopic (exact) mass is 518 g/mol. The van der Waals surface area contributed by atoms with E-state index in [1.165, 1.54) is 0 Å². The predicted octanol–water partition coefficient (Wildman–Crippen LogP) is 7.42. The largest absolute Gasteiger partial charge is 0.411 e. The van der Waals surface area contributed by atoms with Crippen LogP contribution in [0.5, 0.6) is 0 Å². The number of rotatable bonds is 8. The van der Waals surface area contributed by atoms with Gasteiger partial charge in [-0.1, -0.05) is 20.8 Å². The van der Waals surface area contributed by atoms with E-state index in [2.05, 4.69) is 36.2 Å². The summed E-state index contributed by atoms with van der Waals surface area (Å²) < 4.78 is 43.5. The van der Waals surface area contributed by atoms with E-state index in [0.29, 0.717) is 5.69 Å². The van der Waals surface area contributed by atoms with Gasteiger partial charge in [0.25, 0.3) is 5.92 Å². The van der Waals surface area contributed by atoms with Crippen LogP contribution in [0, 0.1) is 13.8 Å². The Morgan fingerprint density at radius 1 is 1.25 bits per heavy atom. The number of aryl methyl sites for hydroxylation is 2. The Hall–Kier alpha value is -2.23. The van der Waals surface area contributed by atoms with Gasteiger partial charge in [-0.25, -0.2) is 13.5 Å². The first-order valence-electron chi connectivity index (χ1n) is 12.8. The van der Waals surface area contributed by atoms with Crippen molar-refractivity contribution < 1.29 is 17.9 Å². The topological polar surface area (TPSA) is 64.1 Å². The first-order valence-corrected chi connectivity index (χ1v) is 15.7. The number of ether oxygens (including phenoxy) is 1. The molecule has 4 rings (SSSR count). The Morgan fingerprint density at radius 2 is 2.00 bits per heavy atom. The third-order valence-electron chi connectivity index (χ3n) is 7.83. The molecule has 6 nitrogen and oxygen atoms in total. The molecule has 2 N–H and O–H groups in total. The van der Waals surface area contributed by atoms with E-state index in [0.717, 1.165) is 59.0 Å². The molecule has 1 atom stereocenters. The van der Waals surface area contributed by atoms with E-state index >= 15 is 0 Å². The van der Waals surface area contributed by atoms with Gasteiger partial charge in [0.05, 0.1) is 24.9 Å². The summed E-state index contributed by atoms with van der Waals surface area (Å²) in [4.78, 5) is 3.37. The molecule has 9 heteroatoms. The lowest BCUT2D eigenvalue weighted by atomic mass is 10.00. The smallest absolute Gasteiger partial charge is 0.286 e. The van der Waals surface area contributed by atoms with Gasteiger partial charge in [-0.05, 0) is 68.4 Å². The summed E-state index contributed by atoms with van der Waals surface area (Å²) in [5, 5.41) is 8.37. The number of nitrogens with zero attached hydrogens (tertiary/aromatic N) is 2. The molecule has 0 aliphatic carbocycles. The van der Waals surface area contributed by atoms with Crippen LogP contribution in [0.2, 0.25) is 18.1 Å². The van der Waals surface area contributed by atoms with Gasteiger partial charge in [0.2, 0.25) is 0 Å². The van der Waals surface area contributed by atoms with E-state index in [4.69, 9.17) is 9.16 Å². The number of nitrogens with one attached hydrogen (secondary N) is 2. The highest BCUT2D eigenvalue weighted by Gasteiger charge is 2.41. The fourth-order valence-electron chi connectivity index (χ4n) is 4.31. The second kappa shape index (κ2) is 9.91. The maximum Gasteiger partial charge on any atom is 0.286 e. The molecule has 1 aliphatic rings. The summed E-state index contributed by atoms with van der Waals surface area (Å²) in [6.45, 7) is 13.8. The van der Waals surface area contributed by atoms with Gasteiger partial charge in [-0.2, -0.15) is 5.10 Å². The lowest BCUT2D eigenvalue weighted by Gasteiger charge is -2.37. The third kappa shape index (κ3) is 5.53. The van der Waals surface area contributed by atoms with Crippen LogP contribution in [-0.2, 0) is 9.16 Å². The molecule has 0 saturated carbocycles. The van der Waals surface area contributed by atoms with Crippen molar-refractivity contribution in [2.24, 2.45) is 0 Å². The second-order valence-electron chi connectivity index (χ2n) is 11.6. The molecule has 36 heavy (non-hydrogen) atoms. The molecule has 1 aliphatic heterocycles. The van der Waals surface area contributed by atoms with Crippen molar-refractivity contribution in [2.45, 2.75) is 84.2 Å². The first kappa shape index (κ1) is 26.8. The SMILES string of the molecule is Cc1cc(NCC(F)(F)CO[Si](C)(C)C(C)(C)C)c2c(-c3cnn(C4CCCCO4)c3)c[nH]c2c1C. The van der Waals surface area contributed by atoms with Crippen molar-refractivity contribution in [1.29, 1.82) is 0 Å². The van der Waals surface area contributed by atoms with Crippen molar-refractivity contribution in [3.05, 3.63) is 35.8 Å². The summed E-state index contributed by atoms with van der Waals surface area (Å²) in [5.74, 6) is -3.00. The van der Waals surface area contributed by atoms with Crippen molar-refractivity contribution in [3.63, 3.8) is 0 Å². The normalized spacial score (nSPS) is 17.6. The third-order valence-corrected chi connectivity index (χ3v) is 12.3. The highest BCUT2D eigenvalue weighted by molar-refractivity contribution is 6.74. The number of H-pyrrole nitrogens is 1. The van der Waals surface area contributed by atoms with Crippen molar-refractivity contribution in [3.8, 4) is 11.1 Å². The van der Waals surface area contributed by atoms with Crippen LogP contribution in [0.3, 0.4) is 0 Å². The van der Waals surface area contributed by atoms with Crippen LogP contribution in [-0.4, -0.2) is 48.8 Å². The van der Waals surface area contributed by atoms with Crippen LogP contribution in [0.1, 0.15) is 57.4 Å². The standard InChI is InChI=1S/C27H40F2N4O2Si/c1-18-12-22(31-16-27(28,29)17-35-36(6,7)26(3,4)5)24-21(14-30-25(24)19(18)2)20-13-32-33(15-20)23-10-8-9-11-34-23/h12-15,23,30-31H,8-11,16-17H2,1-7H3. The Balaban J connectivity index is 1.59. The Bertz CT molecular complexity index is 1210. The lowest BCUT2D eigenvalue weighted by Crippen LogP contribution is -2.45. The van der Waals surface area contributed by atoms with Crippen LogP contribution in [0.4, 0.5) is 14.5 Å². The number of hydrogen-bond donors (Lipinski definition) is 2. The Morgan fingerprint density at radius 3 is 2.67 bits per heavy atom. The summed E-state index contributed by atoms with van der Waals surface area (Å²) in [5.41, 5.74) is 5.60. The maximum atomic E-state index is 15.0. The number of halogens is 2. The lowest BCUT2D eigenvalue weighted by molar-refractivity contribution is -0.0394. The Kier molecular flexibility index (Phi) is 7.38. The number of aromatic nitrogens is 3. The van der Waals surface area contributed by atoms with Crippen molar-refractivity contribution in [2.75, 3.05) is 25.1 Å². The number of hydrogen-bond acceptors (Lipinski definition) is 4. The minimum absolute atomic E-state index is 0.0566. The molecule has 1 saturated heterocycles. The summed E-state index contributed by atoms with van der Waals surface area (Å²) in [6, 6.07) is 1.95. The van der Waals surface area contributed by atoms with Crippen LogP contribution in [0.25, 0.3) is 22.0 Å². The average Bonchev–Trinajstić information content (AvgIpc) is 3.47.